The molecular weight excluding hydrogens is 961 g/mol. The summed E-state index contributed by atoms with van der Waals surface area (Å²) in [6, 6.07) is 0. The molecule has 0 spiro atoms. The Bertz CT molecular complexity index is 1840. The van der Waals surface area contributed by atoms with Gasteiger partial charge in [0.2, 0.25) is 0 Å². The topological polar surface area (TPSA) is 184 Å². The van der Waals surface area contributed by atoms with Crippen LogP contribution in [0.2, 0.25) is 0 Å². The average Bonchev–Trinajstić information content (AvgIpc) is 3.26. The first-order chi connectivity index (χ1) is 32.1. The van der Waals surface area contributed by atoms with Crippen molar-refractivity contribution in [3.8, 4) is 0 Å². The summed E-state index contributed by atoms with van der Waals surface area (Å²) < 4.78 is 25.2. The normalized spacial score (nSPS) is 17.7. The maximum absolute atomic E-state index is 13.6. The number of rotatable bonds is 24. The molecule has 3 aliphatic heterocycles. The Morgan fingerprint density at radius 2 is 0.879 bits per heavy atom. The first-order valence-corrected chi connectivity index (χ1v) is 30.2. The molecule has 1 aromatic heterocycles. The standard InChI is InChI=1S/C45H72N6O9S6/c1-34-22-61-28-37(29-62-23-34)57-42(53)47-17-11-5-4-10-16-46-40-41(52)50(20-14-8-6-12-18-48-43(54)58-38-30-63-24-35(2)25-64-31-38)45(56)51(60-40)21-15-9-7-13-19-49-44(55)59-39-32-65-26-36(3)27-66-33-39/h37-39H,1-33H2,(H,47,53)(H,48,54)(H,49,55)/b46-40-. The molecule has 3 amide bonds. The third-order valence-electron chi connectivity index (χ3n) is 10.3. The third kappa shape index (κ3) is 24.2. The average molecular weight is 1030 g/mol. The smallest absolute Gasteiger partial charge is 0.407 e. The fourth-order valence-corrected chi connectivity index (χ4v) is 13.4. The van der Waals surface area contributed by atoms with Crippen LogP contribution >= 0.6 is 70.6 Å². The summed E-state index contributed by atoms with van der Waals surface area (Å²) in [5.41, 5.74) is 2.50. The van der Waals surface area contributed by atoms with Crippen molar-refractivity contribution >= 4 is 88.9 Å². The van der Waals surface area contributed by atoms with Crippen molar-refractivity contribution in [2.24, 2.45) is 4.99 Å². The van der Waals surface area contributed by atoms with Gasteiger partial charge in [0.25, 0.3) is 0 Å². The number of carbonyl (C=O) groups excluding carboxylic acids is 3. The summed E-state index contributed by atoms with van der Waals surface area (Å²) in [6.45, 7) is 14.6. The minimum Gasteiger partial charge on any atom is -0.444 e. The van der Waals surface area contributed by atoms with E-state index < -0.39 is 23.4 Å². The number of carbonyl (C=O) groups is 3. The van der Waals surface area contributed by atoms with Crippen LogP contribution in [-0.2, 0) is 27.3 Å². The highest BCUT2D eigenvalue weighted by atomic mass is 32.2. The van der Waals surface area contributed by atoms with E-state index in [0.717, 1.165) is 127 Å². The van der Waals surface area contributed by atoms with Crippen LogP contribution in [0.15, 0.2) is 55.6 Å². The van der Waals surface area contributed by atoms with Gasteiger partial charge in [-0.1, -0.05) is 75.0 Å². The lowest BCUT2D eigenvalue weighted by Crippen LogP contribution is -2.48. The molecule has 0 bridgehead atoms. The molecule has 3 N–H and O–H groups in total. The molecule has 0 saturated carbocycles. The van der Waals surface area contributed by atoms with Gasteiger partial charge in [0.1, 0.15) is 18.3 Å². The number of hydrogen-bond donors (Lipinski definition) is 3. The fraction of sp³-hybridized carbons (Fsp3) is 0.733. The number of alkyl carbamates (subject to hydrolysis) is 3. The second-order valence-corrected chi connectivity index (χ2v) is 22.7. The molecule has 21 heteroatoms. The molecule has 0 aromatic carbocycles. The van der Waals surface area contributed by atoms with Crippen molar-refractivity contribution in [3.05, 3.63) is 62.8 Å². The van der Waals surface area contributed by atoms with Gasteiger partial charge >= 0.3 is 35.1 Å². The van der Waals surface area contributed by atoms with E-state index in [0.29, 0.717) is 52.0 Å². The van der Waals surface area contributed by atoms with Crippen molar-refractivity contribution in [2.75, 3.05) is 95.2 Å². The van der Waals surface area contributed by atoms with E-state index >= 15 is 0 Å². The fourth-order valence-electron chi connectivity index (χ4n) is 6.84. The van der Waals surface area contributed by atoms with Crippen LogP contribution < -0.4 is 32.8 Å². The van der Waals surface area contributed by atoms with E-state index in [4.69, 9.17) is 18.7 Å². The monoisotopic (exact) mass is 1030 g/mol. The highest BCUT2D eigenvalue weighted by molar-refractivity contribution is 8.02. The lowest BCUT2D eigenvalue weighted by Gasteiger charge is -2.20. The lowest BCUT2D eigenvalue weighted by molar-refractivity contribution is 0.118. The van der Waals surface area contributed by atoms with Crippen molar-refractivity contribution in [1.29, 1.82) is 0 Å². The van der Waals surface area contributed by atoms with Gasteiger partial charge < -0.3 is 34.7 Å². The highest BCUT2D eigenvalue weighted by Gasteiger charge is 2.20. The number of aromatic nitrogens is 2. The van der Waals surface area contributed by atoms with E-state index in [1.807, 2.05) is 0 Å². The van der Waals surface area contributed by atoms with Gasteiger partial charge in [0.05, 0.1) is 6.54 Å². The van der Waals surface area contributed by atoms with E-state index in [2.05, 4.69) is 40.7 Å². The Kier molecular flexibility index (Phi) is 28.9. The summed E-state index contributed by atoms with van der Waals surface area (Å²) in [5.74, 6) is 9.91. The molecule has 372 valence electrons. The van der Waals surface area contributed by atoms with Crippen molar-refractivity contribution in [1.82, 2.24) is 25.3 Å². The molecule has 0 radical (unpaired) electrons. The molecule has 1 aromatic rings. The predicted molar refractivity (Wildman–Crippen MR) is 279 cm³/mol. The number of unbranched alkanes of at least 4 members (excludes halogenated alkanes) is 9. The van der Waals surface area contributed by atoms with Crippen LogP contribution in [0.4, 0.5) is 14.4 Å². The number of thioether (sulfide) groups is 6. The minimum absolute atomic E-state index is 0.0867. The zero-order valence-electron chi connectivity index (χ0n) is 38.5. The molecule has 15 nitrogen and oxygen atoms in total. The Labute approximate surface area is 416 Å². The summed E-state index contributed by atoms with van der Waals surface area (Å²) in [4.78, 5) is 68.7. The van der Waals surface area contributed by atoms with Gasteiger partial charge in [-0.2, -0.15) is 75.3 Å². The highest BCUT2D eigenvalue weighted by Crippen LogP contribution is 2.23. The Balaban J connectivity index is 1.19. The first-order valence-electron chi connectivity index (χ1n) is 23.2. The van der Waals surface area contributed by atoms with Crippen LogP contribution in [0.25, 0.3) is 0 Å². The lowest BCUT2D eigenvalue weighted by atomic mass is 10.2. The van der Waals surface area contributed by atoms with E-state index in [1.54, 1.807) is 70.6 Å². The van der Waals surface area contributed by atoms with Crippen LogP contribution in [0.3, 0.4) is 0 Å². The molecule has 0 unspecified atom stereocenters. The van der Waals surface area contributed by atoms with Crippen LogP contribution in [0, 0.1) is 0 Å². The quantitative estimate of drug-likeness (QED) is 0.0523. The first kappa shape index (κ1) is 56.1. The molecule has 4 heterocycles. The molecule has 0 atom stereocenters. The van der Waals surface area contributed by atoms with E-state index in [1.165, 1.54) is 26.0 Å². The van der Waals surface area contributed by atoms with Crippen LogP contribution in [0.5, 0.6) is 0 Å². The SMILES string of the molecule is C=C1CSCC(OC(=O)NCCCCCC/N=c2\on(CCCCCCNC(=O)OC3CSCC(=C)CSC3)c(=O)n(CCCCCCNC(=O)OC3CSCC(=C)CSC3)c2=O)CSC1. The van der Waals surface area contributed by atoms with Gasteiger partial charge in [-0.15, -0.1) is 0 Å². The van der Waals surface area contributed by atoms with Crippen molar-refractivity contribution < 1.29 is 33.1 Å². The van der Waals surface area contributed by atoms with Crippen molar-refractivity contribution in [2.45, 2.75) is 108 Å². The number of nitrogens with one attached hydrogen (secondary N) is 3. The van der Waals surface area contributed by atoms with Gasteiger partial charge in [0.15, 0.2) is 0 Å². The Hall–Kier alpha value is -2.46. The van der Waals surface area contributed by atoms with E-state index in [-0.39, 0.29) is 36.5 Å². The van der Waals surface area contributed by atoms with Crippen LogP contribution in [0.1, 0.15) is 77.0 Å². The van der Waals surface area contributed by atoms with Gasteiger partial charge in [-0.3, -0.25) is 9.36 Å². The molecular formula is C45H72N6O9S6. The maximum atomic E-state index is 13.6. The molecule has 3 saturated heterocycles. The molecule has 0 aliphatic carbocycles. The largest absolute Gasteiger partial charge is 0.444 e. The summed E-state index contributed by atoms with van der Waals surface area (Å²) in [6.07, 6.45) is 7.63. The second kappa shape index (κ2) is 33.9. The van der Waals surface area contributed by atoms with Gasteiger partial charge in [0, 0.05) is 102 Å². The maximum Gasteiger partial charge on any atom is 0.407 e. The Morgan fingerprint density at radius 1 is 0.530 bits per heavy atom. The van der Waals surface area contributed by atoms with Gasteiger partial charge in [-0.05, 0) is 38.5 Å². The second-order valence-electron chi connectivity index (χ2n) is 16.6. The van der Waals surface area contributed by atoms with E-state index in [9.17, 15) is 24.0 Å². The number of amides is 3. The van der Waals surface area contributed by atoms with Crippen molar-refractivity contribution in [3.63, 3.8) is 0 Å². The Morgan fingerprint density at radius 3 is 1.27 bits per heavy atom. The van der Waals surface area contributed by atoms with Crippen LogP contribution in [-0.4, -0.2) is 141 Å². The molecule has 3 aliphatic rings. The summed E-state index contributed by atoms with van der Waals surface area (Å²) >= 11 is 10.5. The zero-order chi connectivity index (χ0) is 47.2. The minimum atomic E-state index is -0.538. The van der Waals surface area contributed by atoms with Gasteiger partial charge in [-0.25, -0.2) is 24.2 Å². The number of ether oxygens (including phenoxy) is 3. The summed E-state index contributed by atoms with van der Waals surface area (Å²) in [7, 11) is 0. The molecule has 4 rings (SSSR count). The number of hydrogen-bond acceptors (Lipinski definition) is 16. The predicted octanol–water partition coefficient (Wildman–Crippen LogP) is 7.58. The number of nitrogens with zero attached hydrogens (tertiary/aromatic N) is 3. The summed E-state index contributed by atoms with van der Waals surface area (Å²) in [5, 5.41) is 8.58. The third-order valence-corrected chi connectivity index (χ3v) is 17.6. The molecule has 3 fully saturated rings. The zero-order valence-corrected chi connectivity index (χ0v) is 43.4. The number of aryl methyl sites for hydroxylation is 1. The molecule has 66 heavy (non-hydrogen) atoms.